The number of carbonyl (C=O) groups is 1. The molecule has 0 unspecified atom stereocenters. The van der Waals surface area contributed by atoms with Gasteiger partial charge < -0.3 is 4.74 Å². The van der Waals surface area contributed by atoms with Crippen LogP contribution in [0.2, 0.25) is 0 Å². The Morgan fingerprint density at radius 3 is 2.65 bits per heavy atom. The van der Waals surface area contributed by atoms with Crippen LogP contribution < -0.4 is 10.2 Å². The Kier molecular flexibility index (Phi) is 6.78. The lowest BCUT2D eigenvalue weighted by Crippen LogP contribution is -2.24. The standard InChI is InChI=1S/C18H21N3O2/c1-2-3-4-15-5-7-17(8-6-15)23-14-18(22)21-20-13-16-9-11-19-12-10-16/h5-13H,2-4,14H2,1H3,(H,21,22)/b20-13+. The number of carbonyl (C=O) groups excluding carboxylic acids is 1. The minimum atomic E-state index is -0.301. The summed E-state index contributed by atoms with van der Waals surface area (Å²) in [6.07, 6.45) is 8.31. The Morgan fingerprint density at radius 1 is 1.22 bits per heavy atom. The number of benzene rings is 1. The van der Waals surface area contributed by atoms with Gasteiger partial charge in [0, 0.05) is 12.4 Å². The third-order valence-electron chi connectivity index (χ3n) is 3.22. The van der Waals surface area contributed by atoms with Crippen molar-refractivity contribution in [3.05, 3.63) is 59.9 Å². The highest BCUT2D eigenvalue weighted by atomic mass is 16.5. The van der Waals surface area contributed by atoms with Gasteiger partial charge in [-0.1, -0.05) is 25.5 Å². The normalized spacial score (nSPS) is 10.7. The number of hydrazone groups is 1. The van der Waals surface area contributed by atoms with E-state index in [4.69, 9.17) is 4.74 Å². The molecule has 2 aromatic rings. The van der Waals surface area contributed by atoms with Gasteiger partial charge in [-0.05, 0) is 48.2 Å². The molecule has 2 rings (SSSR count). The summed E-state index contributed by atoms with van der Waals surface area (Å²) < 4.78 is 5.43. The van der Waals surface area contributed by atoms with E-state index >= 15 is 0 Å². The smallest absolute Gasteiger partial charge is 0.277 e. The van der Waals surface area contributed by atoms with Crippen LogP contribution in [-0.2, 0) is 11.2 Å². The van der Waals surface area contributed by atoms with E-state index in [0.29, 0.717) is 5.75 Å². The predicted molar refractivity (Wildman–Crippen MR) is 90.5 cm³/mol. The van der Waals surface area contributed by atoms with Crippen LogP contribution in [-0.4, -0.2) is 23.7 Å². The highest BCUT2D eigenvalue weighted by molar-refractivity contribution is 5.82. The molecule has 0 aliphatic heterocycles. The number of hydrogen-bond acceptors (Lipinski definition) is 4. The largest absolute Gasteiger partial charge is 0.484 e. The first-order chi connectivity index (χ1) is 11.3. The fourth-order valence-electron chi connectivity index (χ4n) is 1.94. The molecule has 0 spiro atoms. The van der Waals surface area contributed by atoms with Crippen molar-refractivity contribution < 1.29 is 9.53 Å². The van der Waals surface area contributed by atoms with Crippen LogP contribution in [0.15, 0.2) is 53.9 Å². The summed E-state index contributed by atoms with van der Waals surface area (Å²) in [7, 11) is 0. The van der Waals surface area contributed by atoms with Crippen molar-refractivity contribution >= 4 is 12.1 Å². The molecular weight excluding hydrogens is 290 g/mol. The minimum Gasteiger partial charge on any atom is -0.484 e. The van der Waals surface area contributed by atoms with Crippen LogP contribution in [0.25, 0.3) is 0 Å². The van der Waals surface area contributed by atoms with Crippen molar-refractivity contribution in [3.8, 4) is 5.75 Å². The minimum absolute atomic E-state index is 0.0675. The Balaban J connectivity index is 1.72. The van der Waals surface area contributed by atoms with Crippen LogP contribution in [0.5, 0.6) is 5.75 Å². The van der Waals surface area contributed by atoms with Crippen molar-refractivity contribution in [2.24, 2.45) is 5.10 Å². The maximum absolute atomic E-state index is 11.7. The number of pyridine rings is 1. The van der Waals surface area contributed by atoms with Crippen molar-refractivity contribution in [3.63, 3.8) is 0 Å². The zero-order chi connectivity index (χ0) is 16.3. The topological polar surface area (TPSA) is 63.6 Å². The Hall–Kier alpha value is -2.69. The molecule has 0 saturated carbocycles. The second-order valence-electron chi connectivity index (χ2n) is 5.11. The number of hydrogen-bond donors (Lipinski definition) is 1. The molecule has 0 fully saturated rings. The van der Waals surface area contributed by atoms with Gasteiger partial charge in [0.1, 0.15) is 5.75 Å². The average molecular weight is 311 g/mol. The van der Waals surface area contributed by atoms with Gasteiger partial charge in [0.2, 0.25) is 0 Å². The van der Waals surface area contributed by atoms with Crippen LogP contribution >= 0.6 is 0 Å². The molecule has 0 saturated heterocycles. The summed E-state index contributed by atoms with van der Waals surface area (Å²) in [5, 5.41) is 3.87. The molecule has 5 nitrogen and oxygen atoms in total. The first-order valence-electron chi connectivity index (χ1n) is 7.71. The average Bonchev–Trinajstić information content (AvgIpc) is 2.60. The van der Waals surface area contributed by atoms with Crippen molar-refractivity contribution in [2.45, 2.75) is 26.2 Å². The maximum atomic E-state index is 11.7. The van der Waals surface area contributed by atoms with Gasteiger partial charge in [0.15, 0.2) is 6.61 Å². The molecule has 0 bridgehead atoms. The van der Waals surface area contributed by atoms with E-state index in [2.05, 4.69) is 22.4 Å². The lowest BCUT2D eigenvalue weighted by Gasteiger charge is -2.06. The lowest BCUT2D eigenvalue weighted by molar-refractivity contribution is -0.123. The summed E-state index contributed by atoms with van der Waals surface area (Å²) in [5.74, 6) is 0.379. The second kappa shape index (κ2) is 9.35. The Morgan fingerprint density at radius 2 is 1.96 bits per heavy atom. The number of aryl methyl sites for hydroxylation is 1. The fraction of sp³-hybridized carbons (Fsp3) is 0.278. The Labute approximate surface area is 136 Å². The zero-order valence-corrected chi connectivity index (χ0v) is 13.2. The summed E-state index contributed by atoms with van der Waals surface area (Å²) >= 11 is 0. The van der Waals surface area contributed by atoms with Crippen LogP contribution in [0.1, 0.15) is 30.9 Å². The number of unbranched alkanes of at least 4 members (excludes halogenated alkanes) is 1. The van der Waals surface area contributed by atoms with Crippen LogP contribution in [0.3, 0.4) is 0 Å². The van der Waals surface area contributed by atoms with Gasteiger partial charge in [-0.25, -0.2) is 5.43 Å². The van der Waals surface area contributed by atoms with Crippen LogP contribution in [0, 0.1) is 0 Å². The van der Waals surface area contributed by atoms with E-state index in [0.717, 1.165) is 12.0 Å². The van der Waals surface area contributed by atoms with Gasteiger partial charge in [-0.2, -0.15) is 5.10 Å². The molecule has 1 aromatic heterocycles. The van der Waals surface area contributed by atoms with E-state index in [9.17, 15) is 4.79 Å². The number of aromatic nitrogens is 1. The SMILES string of the molecule is CCCCc1ccc(OCC(=O)N/N=C/c2ccncc2)cc1. The van der Waals surface area contributed by atoms with Crippen molar-refractivity contribution in [2.75, 3.05) is 6.61 Å². The molecule has 0 radical (unpaired) electrons. The summed E-state index contributed by atoms with van der Waals surface area (Å²) in [6.45, 7) is 2.11. The number of amides is 1. The quantitative estimate of drug-likeness (QED) is 0.602. The van der Waals surface area contributed by atoms with E-state index in [-0.39, 0.29) is 12.5 Å². The van der Waals surface area contributed by atoms with Crippen molar-refractivity contribution in [1.29, 1.82) is 0 Å². The summed E-state index contributed by atoms with van der Waals surface area (Å²) in [6, 6.07) is 11.4. The predicted octanol–water partition coefficient (Wildman–Crippen LogP) is 2.95. The highest BCUT2D eigenvalue weighted by Gasteiger charge is 2.01. The molecule has 0 aliphatic rings. The monoisotopic (exact) mass is 311 g/mol. The van der Waals surface area contributed by atoms with E-state index in [1.807, 2.05) is 24.3 Å². The molecule has 120 valence electrons. The van der Waals surface area contributed by atoms with Gasteiger partial charge in [-0.15, -0.1) is 0 Å². The zero-order valence-electron chi connectivity index (χ0n) is 13.2. The first kappa shape index (κ1) is 16.7. The van der Waals surface area contributed by atoms with E-state index < -0.39 is 0 Å². The van der Waals surface area contributed by atoms with Gasteiger partial charge in [0.05, 0.1) is 6.21 Å². The number of nitrogens with one attached hydrogen (secondary N) is 1. The molecule has 0 atom stereocenters. The second-order valence-corrected chi connectivity index (χ2v) is 5.11. The molecular formula is C18H21N3O2. The molecule has 0 aliphatic carbocycles. The molecule has 1 heterocycles. The molecule has 1 N–H and O–H groups in total. The summed E-state index contributed by atoms with van der Waals surface area (Å²) in [4.78, 5) is 15.6. The lowest BCUT2D eigenvalue weighted by atomic mass is 10.1. The molecule has 1 aromatic carbocycles. The van der Waals surface area contributed by atoms with Gasteiger partial charge in [0.25, 0.3) is 5.91 Å². The number of rotatable bonds is 8. The fourth-order valence-corrected chi connectivity index (χ4v) is 1.94. The third-order valence-corrected chi connectivity index (χ3v) is 3.22. The number of nitrogens with zero attached hydrogens (tertiary/aromatic N) is 2. The molecule has 1 amide bonds. The third kappa shape index (κ3) is 6.30. The first-order valence-corrected chi connectivity index (χ1v) is 7.71. The maximum Gasteiger partial charge on any atom is 0.277 e. The van der Waals surface area contributed by atoms with E-state index in [1.54, 1.807) is 30.7 Å². The number of ether oxygens (including phenoxy) is 1. The van der Waals surface area contributed by atoms with Crippen molar-refractivity contribution in [1.82, 2.24) is 10.4 Å². The van der Waals surface area contributed by atoms with E-state index in [1.165, 1.54) is 18.4 Å². The summed E-state index contributed by atoms with van der Waals surface area (Å²) in [5.41, 5.74) is 4.57. The molecule has 23 heavy (non-hydrogen) atoms. The van der Waals surface area contributed by atoms with Gasteiger partial charge in [-0.3, -0.25) is 9.78 Å². The Bertz CT molecular complexity index is 624. The molecule has 5 heteroatoms. The highest BCUT2D eigenvalue weighted by Crippen LogP contribution is 2.13. The van der Waals surface area contributed by atoms with Gasteiger partial charge >= 0.3 is 0 Å². The van der Waals surface area contributed by atoms with Crippen LogP contribution in [0.4, 0.5) is 0 Å².